The Morgan fingerprint density at radius 3 is 2.58 bits per heavy atom. The Labute approximate surface area is 139 Å². The van der Waals surface area contributed by atoms with E-state index >= 15 is 0 Å². The fraction of sp³-hybridized carbons (Fsp3) is 0.167. The Morgan fingerprint density at radius 1 is 1.21 bits per heavy atom. The summed E-state index contributed by atoms with van der Waals surface area (Å²) < 4.78 is 15.0. The molecule has 0 fully saturated rings. The zero-order chi connectivity index (χ0) is 17.1. The molecule has 0 spiro atoms. The van der Waals surface area contributed by atoms with Gasteiger partial charge in [-0.15, -0.1) is 0 Å². The SMILES string of the molecule is C[C@@H](c1ccc(-n2cncn2)cc1)N(C)C(=O)c1cccc(F)c1. The zero-order valence-corrected chi connectivity index (χ0v) is 13.4. The Hall–Kier alpha value is -3.02. The van der Waals surface area contributed by atoms with Gasteiger partial charge in [0.15, 0.2) is 0 Å². The van der Waals surface area contributed by atoms with E-state index in [2.05, 4.69) is 10.1 Å². The summed E-state index contributed by atoms with van der Waals surface area (Å²) in [5, 5.41) is 4.08. The first-order valence-corrected chi connectivity index (χ1v) is 7.54. The second-order valence-corrected chi connectivity index (χ2v) is 5.53. The lowest BCUT2D eigenvalue weighted by atomic mass is 10.1. The summed E-state index contributed by atoms with van der Waals surface area (Å²) in [6.07, 6.45) is 3.10. The molecule has 3 rings (SSSR count). The topological polar surface area (TPSA) is 51.0 Å². The second-order valence-electron chi connectivity index (χ2n) is 5.53. The Balaban J connectivity index is 1.78. The summed E-state index contributed by atoms with van der Waals surface area (Å²) in [6.45, 7) is 1.93. The smallest absolute Gasteiger partial charge is 0.254 e. The second kappa shape index (κ2) is 6.62. The van der Waals surface area contributed by atoms with Gasteiger partial charge in [0.25, 0.3) is 5.91 Å². The first kappa shape index (κ1) is 15.9. The molecular weight excluding hydrogens is 307 g/mol. The van der Waals surface area contributed by atoms with Crippen molar-refractivity contribution in [1.29, 1.82) is 0 Å². The fourth-order valence-electron chi connectivity index (χ4n) is 2.47. The third kappa shape index (κ3) is 3.17. The van der Waals surface area contributed by atoms with Crippen molar-refractivity contribution in [3.05, 3.63) is 78.1 Å². The summed E-state index contributed by atoms with van der Waals surface area (Å²) in [6, 6.07) is 13.3. The minimum Gasteiger partial charge on any atom is -0.335 e. The van der Waals surface area contributed by atoms with Crippen LogP contribution in [-0.2, 0) is 0 Å². The van der Waals surface area contributed by atoms with Crippen LogP contribution in [0.3, 0.4) is 0 Å². The third-order valence-corrected chi connectivity index (χ3v) is 4.03. The van der Waals surface area contributed by atoms with Gasteiger partial charge in [0, 0.05) is 12.6 Å². The summed E-state index contributed by atoms with van der Waals surface area (Å²) in [7, 11) is 1.71. The molecule has 122 valence electrons. The number of hydrogen-bond acceptors (Lipinski definition) is 3. The van der Waals surface area contributed by atoms with Gasteiger partial charge in [-0.1, -0.05) is 18.2 Å². The van der Waals surface area contributed by atoms with Gasteiger partial charge in [-0.25, -0.2) is 14.1 Å². The average Bonchev–Trinajstić information content (AvgIpc) is 3.14. The normalized spacial score (nSPS) is 12.0. The largest absolute Gasteiger partial charge is 0.335 e. The van der Waals surface area contributed by atoms with E-state index in [4.69, 9.17) is 0 Å². The molecular formula is C18H17FN4O. The highest BCUT2D eigenvalue weighted by molar-refractivity contribution is 5.94. The van der Waals surface area contributed by atoms with E-state index in [1.54, 1.807) is 29.0 Å². The number of aromatic nitrogens is 3. The first-order valence-electron chi connectivity index (χ1n) is 7.54. The van der Waals surface area contributed by atoms with Crippen LogP contribution in [0.2, 0.25) is 0 Å². The molecule has 6 heteroatoms. The third-order valence-electron chi connectivity index (χ3n) is 4.03. The fourth-order valence-corrected chi connectivity index (χ4v) is 2.47. The van der Waals surface area contributed by atoms with E-state index in [1.165, 1.54) is 24.5 Å². The van der Waals surface area contributed by atoms with Gasteiger partial charge < -0.3 is 4.90 Å². The van der Waals surface area contributed by atoms with Crippen molar-refractivity contribution in [2.75, 3.05) is 7.05 Å². The minimum absolute atomic E-state index is 0.148. The predicted octanol–water partition coefficient (Wildman–Crippen LogP) is 3.24. The number of halogens is 1. The van der Waals surface area contributed by atoms with Crippen LogP contribution in [0.5, 0.6) is 0 Å². The van der Waals surface area contributed by atoms with Crippen LogP contribution in [0.15, 0.2) is 61.2 Å². The van der Waals surface area contributed by atoms with E-state index in [9.17, 15) is 9.18 Å². The van der Waals surface area contributed by atoms with Crippen LogP contribution in [0.1, 0.15) is 28.9 Å². The van der Waals surface area contributed by atoms with Crippen LogP contribution in [0.25, 0.3) is 5.69 Å². The van der Waals surface area contributed by atoms with Crippen molar-refractivity contribution in [2.24, 2.45) is 0 Å². The van der Waals surface area contributed by atoms with Gasteiger partial charge in [0.1, 0.15) is 18.5 Å². The number of carbonyl (C=O) groups excluding carboxylic acids is 1. The molecule has 2 aromatic carbocycles. The summed E-state index contributed by atoms with van der Waals surface area (Å²) in [4.78, 5) is 18.0. The van der Waals surface area contributed by atoms with Crippen LogP contribution in [0, 0.1) is 5.82 Å². The molecule has 0 saturated heterocycles. The lowest BCUT2D eigenvalue weighted by Gasteiger charge is -2.25. The van der Waals surface area contributed by atoms with E-state index in [0.29, 0.717) is 5.56 Å². The van der Waals surface area contributed by atoms with Crippen molar-refractivity contribution in [1.82, 2.24) is 19.7 Å². The van der Waals surface area contributed by atoms with Crippen LogP contribution < -0.4 is 0 Å². The standard InChI is InChI=1S/C18H17FN4O/c1-13(22(2)18(24)15-4-3-5-16(19)10-15)14-6-8-17(9-7-14)23-12-20-11-21-23/h3-13H,1-2H3/t13-/m0/s1. The summed E-state index contributed by atoms with van der Waals surface area (Å²) in [5.41, 5.74) is 2.21. The van der Waals surface area contributed by atoms with E-state index in [0.717, 1.165) is 11.3 Å². The predicted molar refractivity (Wildman–Crippen MR) is 88.3 cm³/mol. The van der Waals surface area contributed by atoms with Gasteiger partial charge in [0.05, 0.1) is 11.7 Å². The molecule has 0 aliphatic heterocycles. The Bertz CT molecular complexity index is 830. The number of benzene rings is 2. The molecule has 0 bridgehead atoms. The Kier molecular flexibility index (Phi) is 4.37. The summed E-state index contributed by atoms with van der Waals surface area (Å²) >= 11 is 0. The van der Waals surface area contributed by atoms with Gasteiger partial charge >= 0.3 is 0 Å². The molecule has 5 nitrogen and oxygen atoms in total. The minimum atomic E-state index is -0.418. The van der Waals surface area contributed by atoms with Crippen molar-refractivity contribution >= 4 is 5.91 Å². The molecule has 0 aliphatic carbocycles. The van der Waals surface area contributed by atoms with E-state index in [1.807, 2.05) is 31.2 Å². The van der Waals surface area contributed by atoms with E-state index < -0.39 is 5.82 Å². The molecule has 1 heterocycles. The lowest BCUT2D eigenvalue weighted by Crippen LogP contribution is -2.29. The number of carbonyl (C=O) groups is 1. The number of amides is 1. The molecule has 0 saturated carbocycles. The molecule has 0 N–H and O–H groups in total. The lowest BCUT2D eigenvalue weighted by molar-refractivity contribution is 0.0742. The van der Waals surface area contributed by atoms with Gasteiger partial charge in [0.2, 0.25) is 0 Å². The number of nitrogens with zero attached hydrogens (tertiary/aromatic N) is 4. The monoisotopic (exact) mass is 324 g/mol. The molecule has 3 aromatic rings. The van der Waals surface area contributed by atoms with Gasteiger partial charge in [-0.3, -0.25) is 4.79 Å². The van der Waals surface area contributed by atoms with Crippen LogP contribution in [-0.4, -0.2) is 32.6 Å². The quantitative estimate of drug-likeness (QED) is 0.740. The number of rotatable bonds is 4. The molecule has 1 amide bonds. The maximum Gasteiger partial charge on any atom is 0.254 e. The molecule has 0 unspecified atom stereocenters. The average molecular weight is 324 g/mol. The van der Waals surface area contributed by atoms with E-state index in [-0.39, 0.29) is 11.9 Å². The molecule has 1 atom stereocenters. The van der Waals surface area contributed by atoms with Crippen molar-refractivity contribution < 1.29 is 9.18 Å². The molecule has 0 aliphatic rings. The molecule has 1 aromatic heterocycles. The van der Waals surface area contributed by atoms with Gasteiger partial charge in [-0.05, 0) is 42.8 Å². The van der Waals surface area contributed by atoms with Crippen molar-refractivity contribution in [3.63, 3.8) is 0 Å². The first-order chi connectivity index (χ1) is 11.6. The number of hydrogen-bond donors (Lipinski definition) is 0. The molecule has 24 heavy (non-hydrogen) atoms. The zero-order valence-electron chi connectivity index (χ0n) is 13.4. The summed E-state index contributed by atoms with van der Waals surface area (Å²) in [5.74, 6) is -0.638. The van der Waals surface area contributed by atoms with Gasteiger partial charge in [-0.2, -0.15) is 5.10 Å². The van der Waals surface area contributed by atoms with Crippen LogP contribution in [0.4, 0.5) is 4.39 Å². The highest BCUT2D eigenvalue weighted by Crippen LogP contribution is 2.22. The maximum atomic E-state index is 13.3. The van der Waals surface area contributed by atoms with Crippen molar-refractivity contribution in [2.45, 2.75) is 13.0 Å². The highest BCUT2D eigenvalue weighted by Gasteiger charge is 2.19. The Morgan fingerprint density at radius 2 is 1.96 bits per heavy atom. The van der Waals surface area contributed by atoms with Crippen molar-refractivity contribution in [3.8, 4) is 5.69 Å². The van der Waals surface area contributed by atoms with Crippen LogP contribution >= 0.6 is 0 Å². The highest BCUT2D eigenvalue weighted by atomic mass is 19.1. The maximum absolute atomic E-state index is 13.3. The molecule has 0 radical (unpaired) electrons.